The molecule has 3 N–H and O–H groups in total. The van der Waals surface area contributed by atoms with Crippen molar-refractivity contribution in [2.45, 2.75) is 19.1 Å². The fourth-order valence-corrected chi connectivity index (χ4v) is 1.94. The van der Waals surface area contributed by atoms with Crippen LogP contribution in [-0.4, -0.2) is 60.1 Å². The average molecular weight is 237 g/mol. The van der Waals surface area contributed by atoms with Crippen molar-refractivity contribution in [3.8, 4) is 0 Å². The number of thioether (sulfide) groups is 1. The maximum absolute atomic E-state index is 11.3. The van der Waals surface area contributed by atoms with Crippen LogP contribution in [-0.2, 0) is 9.53 Å². The minimum atomic E-state index is -0.727. The molecule has 0 spiro atoms. The van der Waals surface area contributed by atoms with Crippen LogP contribution in [0.2, 0.25) is 0 Å². The summed E-state index contributed by atoms with van der Waals surface area (Å²) in [4.78, 5) is 11.3. The number of nitrogens with one attached hydrogen (secondary N) is 1. The highest BCUT2D eigenvalue weighted by Crippen LogP contribution is 2.06. The molecule has 0 heterocycles. The Bertz CT molecular complexity index is 179. The van der Waals surface area contributed by atoms with Crippen LogP contribution in [0.5, 0.6) is 0 Å². The Morgan fingerprint density at radius 3 is 2.67 bits per heavy atom. The van der Waals surface area contributed by atoms with E-state index in [0.29, 0.717) is 18.1 Å². The molecule has 0 saturated carbocycles. The van der Waals surface area contributed by atoms with Crippen molar-refractivity contribution >= 4 is 17.7 Å². The number of likely N-dealkylation sites (N-methyl/N-ethyl adjacent to an activating group) is 1. The second kappa shape index (κ2) is 8.96. The van der Waals surface area contributed by atoms with E-state index in [1.165, 1.54) is 11.8 Å². The Kier molecular flexibility index (Phi) is 8.79. The van der Waals surface area contributed by atoms with Gasteiger partial charge >= 0.3 is 5.97 Å². The number of carbonyl (C=O) groups excluding carboxylic acids is 1. The molecule has 0 aliphatic carbocycles. The van der Waals surface area contributed by atoms with Crippen molar-refractivity contribution in [2.24, 2.45) is 0 Å². The number of hydrogen-bond donors (Lipinski definition) is 3. The Morgan fingerprint density at radius 1 is 1.53 bits per heavy atom. The minimum Gasteiger partial charge on any atom is -0.465 e. The van der Waals surface area contributed by atoms with E-state index >= 15 is 0 Å². The first-order valence-electron chi connectivity index (χ1n) is 4.86. The van der Waals surface area contributed by atoms with Gasteiger partial charge in [0.1, 0.15) is 6.04 Å². The van der Waals surface area contributed by atoms with E-state index in [1.807, 2.05) is 0 Å². The number of esters is 1. The number of ether oxygens (including phenoxy) is 1. The number of aliphatic hydroxyl groups is 2. The average Bonchev–Trinajstić information content (AvgIpc) is 2.24. The summed E-state index contributed by atoms with van der Waals surface area (Å²) in [6.07, 6.45) is -0.727. The van der Waals surface area contributed by atoms with E-state index in [9.17, 15) is 4.79 Å². The summed E-state index contributed by atoms with van der Waals surface area (Å²) >= 11 is 1.40. The van der Waals surface area contributed by atoms with Gasteiger partial charge in [0.2, 0.25) is 0 Å². The van der Waals surface area contributed by atoms with Crippen molar-refractivity contribution in [3.63, 3.8) is 0 Å². The normalized spacial score (nSPS) is 14.7. The largest absolute Gasteiger partial charge is 0.465 e. The van der Waals surface area contributed by atoms with Gasteiger partial charge in [-0.2, -0.15) is 11.8 Å². The Balaban J connectivity index is 3.74. The molecular formula is C9H19NO4S. The second-order valence-corrected chi connectivity index (χ2v) is 4.04. The summed E-state index contributed by atoms with van der Waals surface area (Å²) < 4.78 is 4.85. The molecule has 0 amide bonds. The molecule has 2 unspecified atom stereocenters. The van der Waals surface area contributed by atoms with Crippen molar-refractivity contribution in [2.75, 3.05) is 31.8 Å². The van der Waals surface area contributed by atoms with Crippen molar-refractivity contribution in [1.82, 2.24) is 5.32 Å². The highest BCUT2D eigenvalue weighted by atomic mass is 32.2. The van der Waals surface area contributed by atoms with Crippen LogP contribution < -0.4 is 5.32 Å². The summed E-state index contributed by atoms with van der Waals surface area (Å²) in [6, 6.07) is -0.360. The maximum atomic E-state index is 11.3. The Labute approximate surface area is 94.2 Å². The third kappa shape index (κ3) is 6.72. The van der Waals surface area contributed by atoms with Gasteiger partial charge in [-0.3, -0.25) is 4.79 Å². The molecule has 0 bridgehead atoms. The van der Waals surface area contributed by atoms with E-state index < -0.39 is 6.10 Å². The Morgan fingerprint density at radius 2 is 2.20 bits per heavy atom. The van der Waals surface area contributed by atoms with Gasteiger partial charge in [0.05, 0.1) is 19.3 Å². The van der Waals surface area contributed by atoms with Gasteiger partial charge in [0.15, 0.2) is 0 Å². The van der Waals surface area contributed by atoms with Crippen LogP contribution in [0.4, 0.5) is 0 Å². The molecule has 0 aliphatic heterocycles. The summed E-state index contributed by atoms with van der Waals surface area (Å²) in [6.45, 7) is 1.87. The smallest absolute Gasteiger partial charge is 0.323 e. The standard InChI is InChI=1S/C9H19NO4S/c1-3-14-9(13)8(10-2)6-15-5-7(12)4-11/h7-8,10-12H,3-6H2,1-2H3. The quantitative estimate of drug-likeness (QED) is 0.481. The lowest BCUT2D eigenvalue weighted by atomic mass is 10.3. The van der Waals surface area contributed by atoms with Crippen LogP contribution in [0, 0.1) is 0 Å². The minimum absolute atomic E-state index is 0.253. The topological polar surface area (TPSA) is 78.8 Å². The molecule has 0 fully saturated rings. The summed E-state index contributed by atoms with van der Waals surface area (Å²) in [5.74, 6) is 0.645. The first-order chi connectivity index (χ1) is 7.15. The molecular weight excluding hydrogens is 218 g/mol. The molecule has 2 atom stereocenters. The van der Waals surface area contributed by atoms with Crippen molar-refractivity contribution in [1.29, 1.82) is 0 Å². The summed E-state index contributed by atoms with van der Waals surface area (Å²) in [5.41, 5.74) is 0. The monoisotopic (exact) mass is 237 g/mol. The molecule has 0 aliphatic rings. The van der Waals surface area contributed by atoms with E-state index in [1.54, 1.807) is 14.0 Å². The maximum Gasteiger partial charge on any atom is 0.323 e. The molecule has 90 valence electrons. The molecule has 0 aromatic heterocycles. The predicted octanol–water partition coefficient (Wildman–Crippen LogP) is -0.776. The molecule has 0 radical (unpaired) electrons. The van der Waals surface area contributed by atoms with Crippen molar-refractivity contribution < 1.29 is 19.7 Å². The fraction of sp³-hybridized carbons (Fsp3) is 0.889. The van der Waals surface area contributed by atoms with Gasteiger partial charge < -0.3 is 20.3 Å². The van der Waals surface area contributed by atoms with E-state index in [4.69, 9.17) is 14.9 Å². The molecule has 15 heavy (non-hydrogen) atoms. The van der Waals surface area contributed by atoms with Crippen LogP contribution in [0.15, 0.2) is 0 Å². The number of aliphatic hydroxyl groups excluding tert-OH is 2. The highest BCUT2D eigenvalue weighted by Gasteiger charge is 2.17. The zero-order valence-electron chi connectivity index (χ0n) is 9.10. The molecule has 0 saturated heterocycles. The molecule has 0 aromatic rings. The first kappa shape index (κ1) is 14.7. The van der Waals surface area contributed by atoms with E-state index in [-0.39, 0.29) is 18.6 Å². The number of hydrogen-bond acceptors (Lipinski definition) is 6. The van der Waals surface area contributed by atoms with Crippen LogP contribution in [0.3, 0.4) is 0 Å². The van der Waals surface area contributed by atoms with Crippen LogP contribution >= 0.6 is 11.8 Å². The molecule has 0 aromatic carbocycles. The van der Waals surface area contributed by atoms with Gasteiger partial charge in [0.25, 0.3) is 0 Å². The predicted molar refractivity (Wildman–Crippen MR) is 59.9 cm³/mol. The lowest BCUT2D eigenvalue weighted by molar-refractivity contribution is -0.144. The van der Waals surface area contributed by atoms with Crippen LogP contribution in [0.1, 0.15) is 6.92 Å². The lowest BCUT2D eigenvalue weighted by Crippen LogP contribution is -2.38. The number of carbonyl (C=O) groups is 1. The van der Waals surface area contributed by atoms with E-state index in [0.717, 1.165) is 0 Å². The summed E-state index contributed by atoms with van der Waals surface area (Å²) in [7, 11) is 1.69. The van der Waals surface area contributed by atoms with Gasteiger partial charge in [0, 0.05) is 11.5 Å². The zero-order chi connectivity index (χ0) is 11.7. The zero-order valence-corrected chi connectivity index (χ0v) is 9.92. The third-order valence-corrected chi connectivity index (χ3v) is 2.91. The second-order valence-electron chi connectivity index (χ2n) is 2.97. The van der Waals surface area contributed by atoms with Gasteiger partial charge in [-0.25, -0.2) is 0 Å². The molecule has 5 nitrogen and oxygen atoms in total. The van der Waals surface area contributed by atoms with Gasteiger partial charge in [-0.05, 0) is 14.0 Å². The van der Waals surface area contributed by atoms with Gasteiger partial charge in [-0.15, -0.1) is 0 Å². The van der Waals surface area contributed by atoms with Gasteiger partial charge in [-0.1, -0.05) is 0 Å². The Hall–Kier alpha value is -0.300. The third-order valence-electron chi connectivity index (χ3n) is 1.73. The van der Waals surface area contributed by atoms with E-state index in [2.05, 4.69) is 5.32 Å². The fourth-order valence-electron chi connectivity index (χ4n) is 0.887. The highest BCUT2D eigenvalue weighted by molar-refractivity contribution is 7.99. The molecule has 6 heteroatoms. The van der Waals surface area contributed by atoms with Crippen LogP contribution in [0.25, 0.3) is 0 Å². The molecule has 0 rings (SSSR count). The van der Waals surface area contributed by atoms with Crippen molar-refractivity contribution in [3.05, 3.63) is 0 Å². The number of rotatable bonds is 8. The summed E-state index contributed by atoms with van der Waals surface area (Å²) in [5, 5.41) is 20.5. The first-order valence-corrected chi connectivity index (χ1v) is 6.01. The SMILES string of the molecule is CCOC(=O)C(CSCC(O)CO)NC. The lowest BCUT2D eigenvalue weighted by Gasteiger charge is -2.14.